The van der Waals surface area contributed by atoms with E-state index in [1.807, 2.05) is 13.8 Å². The average molecular weight is 274 g/mol. The summed E-state index contributed by atoms with van der Waals surface area (Å²) < 4.78 is 61.9. The second kappa shape index (κ2) is 4.76. The molecular weight excluding hydrogens is 257 g/mol. The molecular formula is C10H17F3O3S. The van der Waals surface area contributed by atoms with E-state index in [2.05, 4.69) is 4.18 Å². The summed E-state index contributed by atoms with van der Waals surface area (Å²) in [7, 11) is -5.44. The van der Waals surface area contributed by atoms with Gasteiger partial charge in [0.15, 0.2) is 0 Å². The summed E-state index contributed by atoms with van der Waals surface area (Å²) in [5.41, 5.74) is -5.71. The first kappa shape index (κ1) is 14.8. The topological polar surface area (TPSA) is 43.4 Å². The Morgan fingerprint density at radius 2 is 1.82 bits per heavy atom. The van der Waals surface area contributed by atoms with E-state index < -0.39 is 15.6 Å². The van der Waals surface area contributed by atoms with Crippen LogP contribution in [0.15, 0.2) is 0 Å². The highest BCUT2D eigenvalue weighted by Gasteiger charge is 2.49. The third kappa shape index (κ3) is 3.58. The lowest BCUT2D eigenvalue weighted by atomic mass is 9.65. The number of hydrogen-bond acceptors (Lipinski definition) is 3. The van der Waals surface area contributed by atoms with Gasteiger partial charge in [-0.15, -0.1) is 0 Å². The molecule has 0 atom stereocenters. The standard InChI is InChI=1S/C10H17F3O3S/c1-8(2)6-9(4-3-5-9)7-16-17(14,15)10(11,12)13/h8H,3-7H2,1-2H3. The molecule has 1 fully saturated rings. The van der Waals surface area contributed by atoms with E-state index >= 15 is 0 Å². The summed E-state index contributed by atoms with van der Waals surface area (Å²) in [6, 6.07) is 0. The molecule has 0 saturated heterocycles. The molecule has 0 aromatic rings. The van der Waals surface area contributed by atoms with Crippen molar-refractivity contribution in [3.63, 3.8) is 0 Å². The van der Waals surface area contributed by atoms with Crippen LogP contribution < -0.4 is 0 Å². The molecule has 1 rings (SSSR count). The minimum Gasteiger partial charge on any atom is -0.263 e. The van der Waals surface area contributed by atoms with Crippen LogP contribution in [-0.2, 0) is 14.3 Å². The van der Waals surface area contributed by atoms with E-state index in [1.165, 1.54) is 0 Å². The lowest BCUT2D eigenvalue weighted by Gasteiger charge is -2.42. The van der Waals surface area contributed by atoms with Crippen LogP contribution in [0.2, 0.25) is 0 Å². The van der Waals surface area contributed by atoms with Crippen LogP contribution in [0.1, 0.15) is 39.5 Å². The van der Waals surface area contributed by atoms with Crippen LogP contribution in [0, 0.1) is 11.3 Å². The molecule has 0 N–H and O–H groups in total. The molecule has 3 nitrogen and oxygen atoms in total. The van der Waals surface area contributed by atoms with Crippen molar-refractivity contribution in [3.05, 3.63) is 0 Å². The SMILES string of the molecule is CC(C)CC1(COS(=O)(=O)C(F)(F)F)CCC1. The van der Waals surface area contributed by atoms with E-state index in [4.69, 9.17) is 0 Å². The zero-order chi connectivity index (χ0) is 13.3. The van der Waals surface area contributed by atoms with Gasteiger partial charge in [-0.25, -0.2) is 0 Å². The molecule has 102 valence electrons. The zero-order valence-corrected chi connectivity index (χ0v) is 10.7. The largest absolute Gasteiger partial charge is 0.523 e. The summed E-state index contributed by atoms with van der Waals surface area (Å²) in [6.07, 6.45) is 3.08. The summed E-state index contributed by atoms with van der Waals surface area (Å²) in [6.45, 7) is 3.56. The smallest absolute Gasteiger partial charge is 0.263 e. The number of halogens is 3. The number of hydrogen-bond donors (Lipinski definition) is 0. The average Bonchev–Trinajstić information content (AvgIpc) is 2.07. The van der Waals surface area contributed by atoms with Crippen LogP contribution in [0.3, 0.4) is 0 Å². The van der Waals surface area contributed by atoms with Crippen LogP contribution in [0.4, 0.5) is 13.2 Å². The Morgan fingerprint density at radius 3 is 2.12 bits per heavy atom. The first-order chi connectivity index (χ1) is 7.58. The van der Waals surface area contributed by atoms with Crippen molar-refractivity contribution < 1.29 is 25.8 Å². The third-order valence-corrected chi connectivity index (χ3v) is 4.05. The first-order valence-electron chi connectivity index (χ1n) is 5.54. The minimum absolute atomic E-state index is 0.312. The highest BCUT2D eigenvalue weighted by atomic mass is 32.2. The highest BCUT2D eigenvalue weighted by Crippen LogP contribution is 2.46. The van der Waals surface area contributed by atoms with E-state index in [9.17, 15) is 21.6 Å². The van der Waals surface area contributed by atoms with Crippen molar-refractivity contribution in [2.45, 2.75) is 45.0 Å². The Balaban J connectivity index is 2.60. The van der Waals surface area contributed by atoms with Crippen molar-refractivity contribution in [2.24, 2.45) is 11.3 Å². The molecule has 0 spiro atoms. The molecule has 0 aliphatic heterocycles. The van der Waals surface area contributed by atoms with Crippen molar-refractivity contribution >= 4 is 10.1 Å². The Kier molecular flexibility index (Phi) is 4.13. The molecule has 17 heavy (non-hydrogen) atoms. The molecule has 0 aromatic heterocycles. The molecule has 1 saturated carbocycles. The highest BCUT2D eigenvalue weighted by molar-refractivity contribution is 7.87. The molecule has 0 amide bonds. The van der Waals surface area contributed by atoms with E-state index in [0.29, 0.717) is 12.3 Å². The van der Waals surface area contributed by atoms with Gasteiger partial charge in [0, 0.05) is 0 Å². The summed E-state index contributed by atoms with van der Waals surface area (Å²) >= 11 is 0. The first-order valence-corrected chi connectivity index (χ1v) is 6.95. The summed E-state index contributed by atoms with van der Waals surface area (Å²) in [4.78, 5) is 0. The minimum atomic E-state index is -5.44. The Hall–Kier alpha value is -0.300. The van der Waals surface area contributed by atoms with Gasteiger partial charge in [-0.1, -0.05) is 20.3 Å². The van der Waals surface area contributed by atoms with Gasteiger partial charge in [-0.2, -0.15) is 21.6 Å². The molecule has 0 heterocycles. The fourth-order valence-corrected chi connectivity index (χ4v) is 2.76. The van der Waals surface area contributed by atoms with E-state index in [1.54, 1.807) is 0 Å². The van der Waals surface area contributed by atoms with Gasteiger partial charge < -0.3 is 0 Å². The maximum absolute atomic E-state index is 12.1. The van der Waals surface area contributed by atoms with Gasteiger partial charge in [0.1, 0.15) is 0 Å². The predicted octanol–water partition coefficient (Wildman–Crippen LogP) is 3.07. The number of alkyl halides is 3. The molecule has 0 bridgehead atoms. The van der Waals surface area contributed by atoms with Crippen molar-refractivity contribution in [3.8, 4) is 0 Å². The quantitative estimate of drug-likeness (QED) is 0.571. The van der Waals surface area contributed by atoms with Gasteiger partial charge in [0.2, 0.25) is 0 Å². The van der Waals surface area contributed by atoms with E-state index in [-0.39, 0.29) is 12.0 Å². The Labute approximate surface area is 99.5 Å². The summed E-state index contributed by atoms with van der Waals surface area (Å²) in [5.74, 6) is 0.312. The van der Waals surface area contributed by atoms with Crippen LogP contribution >= 0.6 is 0 Å². The molecule has 0 aromatic carbocycles. The molecule has 0 radical (unpaired) electrons. The Bertz CT molecular complexity index is 355. The monoisotopic (exact) mass is 274 g/mol. The lowest BCUT2D eigenvalue weighted by molar-refractivity contribution is -0.0603. The van der Waals surface area contributed by atoms with Crippen LogP contribution in [0.25, 0.3) is 0 Å². The van der Waals surface area contributed by atoms with Crippen molar-refractivity contribution in [1.82, 2.24) is 0 Å². The maximum Gasteiger partial charge on any atom is 0.523 e. The fraction of sp³-hybridized carbons (Fsp3) is 1.00. The molecule has 0 unspecified atom stereocenters. The molecule has 1 aliphatic rings. The molecule has 7 heteroatoms. The fourth-order valence-electron chi connectivity index (χ4n) is 2.22. The van der Waals surface area contributed by atoms with E-state index in [0.717, 1.165) is 19.3 Å². The number of rotatable bonds is 5. The normalized spacial score (nSPS) is 20.4. The Morgan fingerprint density at radius 1 is 1.29 bits per heavy atom. The second-order valence-electron chi connectivity index (χ2n) is 5.11. The summed E-state index contributed by atoms with van der Waals surface area (Å²) in [5, 5.41) is 0. The van der Waals surface area contributed by atoms with Gasteiger partial charge in [-0.3, -0.25) is 4.18 Å². The van der Waals surface area contributed by atoms with Gasteiger partial charge >= 0.3 is 15.6 Å². The van der Waals surface area contributed by atoms with Crippen LogP contribution in [-0.4, -0.2) is 20.5 Å². The van der Waals surface area contributed by atoms with Crippen molar-refractivity contribution in [1.29, 1.82) is 0 Å². The van der Waals surface area contributed by atoms with Gasteiger partial charge in [0.25, 0.3) is 0 Å². The van der Waals surface area contributed by atoms with Crippen molar-refractivity contribution in [2.75, 3.05) is 6.61 Å². The van der Waals surface area contributed by atoms with Gasteiger partial charge in [-0.05, 0) is 30.6 Å². The second-order valence-corrected chi connectivity index (χ2v) is 6.72. The van der Waals surface area contributed by atoms with Crippen LogP contribution in [0.5, 0.6) is 0 Å². The zero-order valence-electron chi connectivity index (χ0n) is 9.88. The molecule has 1 aliphatic carbocycles. The maximum atomic E-state index is 12.1. The van der Waals surface area contributed by atoms with Gasteiger partial charge in [0.05, 0.1) is 6.61 Å². The third-order valence-electron chi connectivity index (χ3n) is 3.06. The predicted molar refractivity (Wildman–Crippen MR) is 56.7 cm³/mol. The lowest BCUT2D eigenvalue weighted by Crippen LogP contribution is -2.38.